The van der Waals surface area contributed by atoms with Gasteiger partial charge in [-0.3, -0.25) is 4.79 Å². The third-order valence-corrected chi connectivity index (χ3v) is 5.08. The lowest BCUT2D eigenvalue weighted by Crippen LogP contribution is -2.14. The van der Waals surface area contributed by atoms with Crippen LogP contribution in [0.15, 0.2) is 53.6 Å². The topological polar surface area (TPSA) is 51.2 Å². The zero-order valence-corrected chi connectivity index (χ0v) is 15.4. The molecule has 0 radical (unpaired) electrons. The van der Waals surface area contributed by atoms with Crippen molar-refractivity contribution in [1.29, 1.82) is 0 Å². The van der Waals surface area contributed by atoms with E-state index in [4.69, 9.17) is 16.3 Å². The van der Waals surface area contributed by atoms with Gasteiger partial charge in [-0.05, 0) is 42.8 Å². The number of pyridine rings is 1. The van der Waals surface area contributed by atoms with Gasteiger partial charge in [0.15, 0.2) is 0 Å². The third kappa shape index (κ3) is 4.24. The summed E-state index contributed by atoms with van der Waals surface area (Å²) in [6.07, 6.45) is 0. The summed E-state index contributed by atoms with van der Waals surface area (Å²) in [6, 6.07) is 15.0. The first kappa shape index (κ1) is 17.6. The minimum Gasteiger partial charge on any atom is -0.497 e. The summed E-state index contributed by atoms with van der Waals surface area (Å²) in [5.41, 5.74) is 2.50. The summed E-state index contributed by atoms with van der Waals surface area (Å²) in [5.74, 6) is 0.899. The second kappa shape index (κ2) is 7.76. The Labute approximate surface area is 155 Å². The number of aromatic nitrogens is 1. The van der Waals surface area contributed by atoms with Crippen molar-refractivity contribution in [2.45, 2.75) is 11.9 Å². The molecule has 0 aliphatic heterocycles. The molecule has 3 rings (SSSR count). The Balaban J connectivity index is 1.73. The van der Waals surface area contributed by atoms with Crippen LogP contribution in [0.2, 0.25) is 5.02 Å². The van der Waals surface area contributed by atoms with Gasteiger partial charge in [0.1, 0.15) is 10.8 Å². The number of halogens is 1. The van der Waals surface area contributed by atoms with Crippen LogP contribution in [0, 0.1) is 6.92 Å². The molecule has 0 aliphatic rings. The SMILES string of the molecule is COc1ccc2cc(C)c(SCC(=O)Nc3ccccc3Cl)nc2c1. The quantitative estimate of drug-likeness (QED) is 0.645. The smallest absolute Gasteiger partial charge is 0.234 e. The molecule has 1 aromatic heterocycles. The monoisotopic (exact) mass is 372 g/mol. The average Bonchev–Trinajstić information content (AvgIpc) is 2.61. The summed E-state index contributed by atoms with van der Waals surface area (Å²) >= 11 is 7.46. The number of fused-ring (bicyclic) bond motifs is 1. The first-order chi connectivity index (χ1) is 12.1. The Kier molecular flexibility index (Phi) is 5.46. The molecule has 0 unspecified atom stereocenters. The Morgan fingerprint density at radius 3 is 2.80 bits per heavy atom. The van der Waals surface area contributed by atoms with Gasteiger partial charge in [0.05, 0.1) is 29.1 Å². The van der Waals surface area contributed by atoms with Gasteiger partial charge in [-0.25, -0.2) is 4.98 Å². The molecule has 0 aliphatic carbocycles. The first-order valence-electron chi connectivity index (χ1n) is 7.69. The number of benzene rings is 2. The molecule has 0 saturated carbocycles. The van der Waals surface area contributed by atoms with Gasteiger partial charge in [0, 0.05) is 11.5 Å². The Bertz CT molecular complexity index is 930. The van der Waals surface area contributed by atoms with Crippen LogP contribution in [0.3, 0.4) is 0 Å². The van der Waals surface area contributed by atoms with E-state index in [1.807, 2.05) is 37.3 Å². The van der Waals surface area contributed by atoms with Crippen LogP contribution in [-0.2, 0) is 4.79 Å². The molecule has 1 amide bonds. The van der Waals surface area contributed by atoms with Crippen LogP contribution >= 0.6 is 23.4 Å². The second-order valence-electron chi connectivity index (χ2n) is 5.49. The molecule has 6 heteroatoms. The van der Waals surface area contributed by atoms with Gasteiger partial charge < -0.3 is 10.1 Å². The maximum Gasteiger partial charge on any atom is 0.234 e. The van der Waals surface area contributed by atoms with Gasteiger partial charge in [-0.15, -0.1) is 0 Å². The highest BCUT2D eigenvalue weighted by molar-refractivity contribution is 8.00. The minimum atomic E-state index is -0.120. The van der Waals surface area contributed by atoms with E-state index in [9.17, 15) is 4.79 Å². The van der Waals surface area contributed by atoms with Crippen molar-refractivity contribution in [2.75, 3.05) is 18.2 Å². The maximum absolute atomic E-state index is 12.2. The lowest BCUT2D eigenvalue weighted by Gasteiger charge is -2.09. The molecular formula is C19H17ClN2O2S. The molecule has 0 atom stereocenters. The molecule has 0 bridgehead atoms. The van der Waals surface area contributed by atoms with Crippen molar-refractivity contribution in [3.05, 3.63) is 59.1 Å². The van der Waals surface area contributed by atoms with Gasteiger partial charge in [-0.2, -0.15) is 0 Å². The summed E-state index contributed by atoms with van der Waals surface area (Å²) < 4.78 is 5.24. The molecule has 1 heterocycles. The van der Waals surface area contributed by atoms with Crippen molar-refractivity contribution < 1.29 is 9.53 Å². The fourth-order valence-electron chi connectivity index (χ4n) is 2.39. The molecule has 1 N–H and O–H groups in total. The van der Waals surface area contributed by atoms with Crippen LogP contribution in [0.25, 0.3) is 10.9 Å². The number of carbonyl (C=O) groups excluding carboxylic acids is 1. The summed E-state index contributed by atoms with van der Waals surface area (Å²) in [5, 5.41) is 5.21. The molecule has 3 aromatic rings. The molecular weight excluding hydrogens is 356 g/mol. The summed E-state index contributed by atoms with van der Waals surface area (Å²) in [4.78, 5) is 16.8. The summed E-state index contributed by atoms with van der Waals surface area (Å²) in [7, 11) is 1.63. The number of rotatable bonds is 5. The largest absolute Gasteiger partial charge is 0.497 e. The molecule has 0 fully saturated rings. The Hall–Kier alpha value is -2.24. The summed E-state index contributed by atoms with van der Waals surface area (Å²) in [6.45, 7) is 1.99. The predicted octanol–water partition coefficient (Wildman–Crippen LogP) is 4.94. The maximum atomic E-state index is 12.2. The number of nitrogens with one attached hydrogen (secondary N) is 1. The number of carbonyl (C=O) groups is 1. The van der Waals surface area contributed by atoms with Gasteiger partial charge in [0.25, 0.3) is 0 Å². The Morgan fingerprint density at radius 1 is 1.24 bits per heavy atom. The number of ether oxygens (including phenoxy) is 1. The molecule has 2 aromatic carbocycles. The van der Waals surface area contributed by atoms with E-state index in [0.29, 0.717) is 10.7 Å². The zero-order valence-electron chi connectivity index (χ0n) is 13.9. The molecule has 25 heavy (non-hydrogen) atoms. The predicted molar refractivity (Wildman–Crippen MR) is 104 cm³/mol. The fourth-order valence-corrected chi connectivity index (χ4v) is 3.36. The number of methoxy groups -OCH3 is 1. The highest BCUT2D eigenvalue weighted by Gasteiger charge is 2.10. The number of hydrogen-bond donors (Lipinski definition) is 1. The van der Waals surface area contributed by atoms with Crippen LogP contribution in [0.1, 0.15) is 5.56 Å². The van der Waals surface area contributed by atoms with Gasteiger partial charge in [-0.1, -0.05) is 35.5 Å². The van der Waals surface area contributed by atoms with E-state index in [1.165, 1.54) is 11.8 Å². The molecule has 4 nitrogen and oxygen atoms in total. The number of anilines is 1. The van der Waals surface area contributed by atoms with E-state index >= 15 is 0 Å². The lowest BCUT2D eigenvalue weighted by atomic mass is 10.2. The third-order valence-electron chi connectivity index (χ3n) is 3.66. The van der Waals surface area contributed by atoms with Crippen molar-refractivity contribution >= 4 is 45.9 Å². The Morgan fingerprint density at radius 2 is 2.04 bits per heavy atom. The van der Waals surface area contributed by atoms with E-state index < -0.39 is 0 Å². The van der Waals surface area contributed by atoms with Crippen molar-refractivity contribution in [3.63, 3.8) is 0 Å². The average molecular weight is 373 g/mol. The van der Waals surface area contributed by atoms with Crippen LogP contribution < -0.4 is 10.1 Å². The highest BCUT2D eigenvalue weighted by Crippen LogP contribution is 2.27. The zero-order chi connectivity index (χ0) is 17.8. The van der Waals surface area contributed by atoms with E-state index in [2.05, 4.69) is 16.4 Å². The highest BCUT2D eigenvalue weighted by atomic mass is 35.5. The van der Waals surface area contributed by atoms with Crippen molar-refractivity contribution in [1.82, 2.24) is 4.98 Å². The molecule has 0 spiro atoms. The van der Waals surface area contributed by atoms with E-state index in [0.717, 1.165) is 27.2 Å². The standard InChI is InChI=1S/C19H17ClN2O2S/c1-12-9-13-7-8-14(24-2)10-17(13)22-19(12)25-11-18(23)21-16-6-4-3-5-15(16)20/h3-10H,11H2,1-2H3,(H,21,23). The van der Waals surface area contributed by atoms with Gasteiger partial charge >= 0.3 is 0 Å². The van der Waals surface area contributed by atoms with Crippen LogP contribution in [-0.4, -0.2) is 23.8 Å². The second-order valence-corrected chi connectivity index (χ2v) is 6.86. The van der Waals surface area contributed by atoms with E-state index in [-0.39, 0.29) is 11.7 Å². The molecule has 0 saturated heterocycles. The van der Waals surface area contributed by atoms with Gasteiger partial charge in [0.2, 0.25) is 5.91 Å². The fraction of sp³-hybridized carbons (Fsp3) is 0.158. The minimum absolute atomic E-state index is 0.120. The van der Waals surface area contributed by atoms with Crippen molar-refractivity contribution in [2.24, 2.45) is 0 Å². The van der Waals surface area contributed by atoms with Crippen LogP contribution in [0.4, 0.5) is 5.69 Å². The molecule has 128 valence electrons. The lowest BCUT2D eigenvalue weighted by molar-refractivity contribution is -0.113. The number of nitrogens with zero attached hydrogens (tertiary/aromatic N) is 1. The van der Waals surface area contributed by atoms with E-state index in [1.54, 1.807) is 19.2 Å². The number of thioether (sulfide) groups is 1. The van der Waals surface area contributed by atoms with Crippen molar-refractivity contribution in [3.8, 4) is 5.75 Å². The number of para-hydroxylation sites is 1. The number of amides is 1. The number of hydrogen-bond acceptors (Lipinski definition) is 4. The van der Waals surface area contributed by atoms with Crippen LogP contribution in [0.5, 0.6) is 5.75 Å². The normalized spacial score (nSPS) is 10.7. The number of aryl methyl sites for hydroxylation is 1. The first-order valence-corrected chi connectivity index (χ1v) is 9.06.